The van der Waals surface area contributed by atoms with Crippen LogP contribution in [0.4, 0.5) is 4.79 Å². The van der Waals surface area contributed by atoms with Gasteiger partial charge in [0.15, 0.2) is 0 Å². The standard InChI is InChI=1S/C12H21NO2S/c1-12(2,3)15-11(14)13-8-4-5-9(13)7-10(16)6-8/h8-10,16H,4-7H2,1-3H3/t8-,9?,10?/m1/s1. The van der Waals surface area contributed by atoms with Gasteiger partial charge in [-0.2, -0.15) is 12.6 Å². The maximum absolute atomic E-state index is 12.1. The number of nitrogens with zero attached hydrogens (tertiary/aromatic N) is 1. The number of carbonyl (C=O) groups excluding carboxylic acids is 1. The molecule has 2 bridgehead atoms. The molecule has 0 aromatic heterocycles. The molecule has 2 saturated heterocycles. The first-order chi connectivity index (χ1) is 7.37. The molecule has 3 atom stereocenters. The van der Waals surface area contributed by atoms with Gasteiger partial charge in [0.05, 0.1) is 0 Å². The van der Waals surface area contributed by atoms with Crippen LogP contribution >= 0.6 is 12.6 Å². The first kappa shape index (κ1) is 12.1. The van der Waals surface area contributed by atoms with Crippen LogP contribution in [-0.2, 0) is 4.74 Å². The van der Waals surface area contributed by atoms with Crippen LogP contribution in [0, 0.1) is 0 Å². The molecule has 16 heavy (non-hydrogen) atoms. The van der Waals surface area contributed by atoms with Gasteiger partial charge in [-0.25, -0.2) is 4.79 Å². The summed E-state index contributed by atoms with van der Waals surface area (Å²) in [5.74, 6) is 0. The van der Waals surface area contributed by atoms with Gasteiger partial charge in [0.25, 0.3) is 0 Å². The second-order valence-electron chi connectivity index (χ2n) is 5.90. The Balaban J connectivity index is 2.03. The smallest absolute Gasteiger partial charge is 0.410 e. The molecular formula is C12H21NO2S. The molecule has 0 radical (unpaired) electrons. The molecule has 1 amide bonds. The Bertz CT molecular complexity index is 273. The Morgan fingerprint density at radius 1 is 1.25 bits per heavy atom. The highest BCUT2D eigenvalue weighted by Gasteiger charge is 2.43. The van der Waals surface area contributed by atoms with Crippen molar-refractivity contribution in [2.24, 2.45) is 0 Å². The van der Waals surface area contributed by atoms with Gasteiger partial charge in [-0.15, -0.1) is 0 Å². The molecule has 0 saturated carbocycles. The van der Waals surface area contributed by atoms with Crippen molar-refractivity contribution in [1.82, 2.24) is 4.90 Å². The Kier molecular flexibility index (Phi) is 3.12. The maximum Gasteiger partial charge on any atom is 0.410 e. The number of piperidine rings is 1. The lowest BCUT2D eigenvalue weighted by Gasteiger charge is -2.38. The molecular weight excluding hydrogens is 222 g/mol. The summed E-state index contributed by atoms with van der Waals surface area (Å²) < 4.78 is 5.46. The van der Waals surface area contributed by atoms with E-state index >= 15 is 0 Å². The number of hydrogen-bond donors (Lipinski definition) is 1. The molecule has 0 N–H and O–H groups in total. The highest BCUT2D eigenvalue weighted by atomic mass is 32.1. The number of rotatable bonds is 0. The number of fused-ring (bicyclic) bond motifs is 2. The van der Waals surface area contributed by atoms with Gasteiger partial charge in [-0.05, 0) is 46.5 Å². The third-order valence-electron chi connectivity index (χ3n) is 3.31. The summed E-state index contributed by atoms with van der Waals surface area (Å²) in [6.45, 7) is 5.74. The minimum absolute atomic E-state index is 0.139. The molecule has 2 rings (SSSR count). The van der Waals surface area contributed by atoms with Crippen molar-refractivity contribution in [2.75, 3.05) is 0 Å². The second-order valence-corrected chi connectivity index (χ2v) is 6.63. The first-order valence-electron chi connectivity index (χ1n) is 6.06. The highest BCUT2D eigenvalue weighted by Crippen LogP contribution is 2.38. The normalized spacial score (nSPS) is 34.0. The highest BCUT2D eigenvalue weighted by molar-refractivity contribution is 7.80. The van der Waals surface area contributed by atoms with E-state index in [2.05, 4.69) is 12.6 Å². The molecule has 0 aromatic rings. The number of carbonyl (C=O) groups is 1. The van der Waals surface area contributed by atoms with E-state index in [1.165, 1.54) is 0 Å². The Morgan fingerprint density at radius 3 is 2.19 bits per heavy atom. The molecule has 0 aromatic carbocycles. The van der Waals surface area contributed by atoms with Gasteiger partial charge in [0.1, 0.15) is 5.60 Å². The zero-order valence-corrected chi connectivity index (χ0v) is 11.2. The fraction of sp³-hybridized carbons (Fsp3) is 0.917. The third kappa shape index (κ3) is 2.47. The van der Waals surface area contributed by atoms with Crippen molar-refractivity contribution in [2.45, 2.75) is 69.4 Å². The van der Waals surface area contributed by atoms with E-state index in [-0.39, 0.29) is 6.09 Å². The summed E-state index contributed by atoms with van der Waals surface area (Å²) in [6.07, 6.45) is 4.11. The molecule has 2 fully saturated rings. The molecule has 4 heteroatoms. The summed E-state index contributed by atoms with van der Waals surface area (Å²) in [6, 6.07) is 0.715. The van der Waals surface area contributed by atoms with E-state index in [4.69, 9.17) is 4.74 Å². The molecule has 2 unspecified atom stereocenters. The predicted molar refractivity (Wildman–Crippen MR) is 66.9 cm³/mol. The van der Waals surface area contributed by atoms with Gasteiger partial charge < -0.3 is 9.64 Å². The van der Waals surface area contributed by atoms with Crippen LogP contribution in [-0.4, -0.2) is 33.9 Å². The van der Waals surface area contributed by atoms with Crippen LogP contribution in [0.3, 0.4) is 0 Å². The fourth-order valence-electron chi connectivity index (χ4n) is 2.76. The lowest BCUT2D eigenvalue weighted by molar-refractivity contribution is 0.00848. The molecule has 0 spiro atoms. The second kappa shape index (κ2) is 4.13. The maximum atomic E-state index is 12.1. The molecule has 2 aliphatic heterocycles. The summed E-state index contributed by atoms with van der Waals surface area (Å²) in [4.78, 5) is 14.0. The zero-order chi connectivity index (χ0) is 11.9. The minimum atomic E-state index is -0.395. The van der Waals surface area contributed by atoms with Crippen molar-refractivity contribution >= 4 is 18.7 Å². The van der Waals surface area contributed by atoms with Crippen molar-refractivity contribution in [3.63, 3.8) is 0 Å². The minimum Gasteiger partial charge on any atom is -0.444 e. The SMILES string of the molecule is CC(C)(C)OC(=O)N1C2CC[C@@H]1CC(S)C2. The average Bonchev–Trinajstić information content (AvgIpc) is 2.36. The largest absolute Gasteiger partial charge is 0.444 e. The molecule has 3 nitrogen and oxygen atoms in total. The van der Waals surface area contributed by atoms with Crippen LogP contribution in [0.5, 0.6) is 0 Å². The average molecular weight is 243 g/mol. The third-order valence-corrected chi connectivity index (χ3v) is 3.73. The van der Waals surface area contributed by atoms with Crippen LogP contribution < -0.4 is 0 Å². The summed E-state index contributed by atoms with van der Waals surface area (Å²) in [5.41, 5.74) is -0.395. The topological polar surface area (TPSA) is 29.5 Å². The van der Waals surface area contributed by atoms with Crippen LogP contribution in [0.15, 0.2) is 0 Å². The van der Waals surface area contributed by atoms with Crippen molar-refractivity contribution in [3.05, 3.63) is 0 Å². The predicted octanol–water partition coefficient (Wildman–Crippen LogP) is 2.85. The monoisotopic (exact) mass is 243 g/mol. The van der Waals surface area contributed by atoms with E-state index in [0.717, 1.165) is 25.7 Å². The number of ether oxygens (including phenoxy) is 1. The molecule has 0 aliphatic carbocycles. The molecule has 92 valence electrons. The fourth-order valence-corrected chi connectivity index (χ4v) is 3.25. The van der Waals surface area contributed by atoms with Gasteiger partial charge in [0, 0.05) is 17.3 Å². The Labute approximate surface area is 103 Å². The Morgan fingerprint density at radius 2 is 1.75 bits per heavy atom. The van der Waals surface area contributed by atoms with Crippen LogP contribution in [0.1, 0.15) is 46.5 Å². The first-order valence-corrected chi connectivity index (χ1v) is 6.58. The van der Waals surface area contributed by atoms with Crippen LogP contribution in [0.2, 0.25) is 0 Å². The molecule has 2 heterocycles. The zero-order valence-electron chi connectivity index (χ0n) is 10.3. The number of amides is 1. The quantitative estimate of drug-likeness (QED) is 0.663. The number of hydrogen-bond acceptors (Lipinski definition) is 3. The van der Waals surface area contributed by atoms with Gasteiger partial charge >= 0.3 is 6.09 Å². The van der Waals surface area contributed by atoms with E-state index in [0.29, 0.717) is 17.3 Å². The van der Waals surface area contributed by atoms with Crippen molar-refractivity contribution < 1.29 is 9.53 Å². The van der Waals surface area contributed by atoms with E-state index in [1.54, 1.807) is 0 Å². The summed E-state index contributed by atoms with van der Waals surface area (Å²) in [7, 11) is 0. The van der Waals surface area contributed by atoms with Crippen molar-refractivity contribution in [1.29, 1.82) is 0 Å². The Hall–Kier alpha value is -0.380. The van der Waals surface area contributed by atoms with E-state index in [1.807, 2.05) is 25.7 Å². The van der Waals surface area contributed by atoms with E-state index < -0.39 is 5.60 Å². The summed E-state index contributed by atoms with van der Waals surface area (Å²) in [5, 5.41) is 0.455. The van der Waals surface area contributed by atoms with Gasteiger partial charge in [-0.1, -0.05) is 0 Å². The number of thiol groups is 1. The van der Waals surface area contributed by atoms with Gasteiger partial charge in [0.2, 0.25) is 0 Å². The van der Waals surface area contributed by atoms with Gasteiger partial charge in [-0.3, -0.25) is 0 Å². The van der Waals surface area contributed by atoms with Crippen LogP contribution in [0.25, 0.3) is 0 Å². The lowest BCUT2D eigenvalue weighted by atomic mass is 10.0. The summed E-state index contributed by atoms with van der Waals surface area (Å²) >= 11 is 4.54. The van der Waals surface area contributed by atoms with Crippen molar-refractivity contribution in [3.8, 4) is 0 Å². The molecule has 2 aliphatic rings. The lowest BCUT2D eigenvalue weighted by Crippen LogP contribution is -2.48. The van der Waals surface area contributed by atoms with E-state index in [9.17, 15) is 4.79 Å².